The molecule has 1 aromatic heterocycles. The van der Waals surface area contributed by atoms with E-state index in [1.165, 1.54) is 6.07 Å². The van der Waals surface area contributed by atoms with Crippen LogP contribution in [-0.4, -0.2) is 10.9 Å². The number of rotatable bonds is 3. The maximum atomic E-state index is 13.2. The largest absolute Gasteiger partial charge is 0.434 e. The number of benzene rings is 1. The van der Waals surface area contributed by atoms with Crippen LogP contribution in [0.4, 0.5) is 13.2 Å². The van der Waals surface area contributed by atoms with Crippen LogP contribution in [0.1, 0.15) is 51.9 Å². The van der Waals surface area contributed by atoms with E-state index >= 15 is 0 Å². The molecule has 1 heterocycles. The molecule has 25 heavy (non-hydrogen) atoms. The van der Waals surface area contributed by atoms with Gasteiger partial charge in [-0.15, -0.1) is 0 Å². The van der Waals surface area contributed by atoms with Gasteiger partial charge in [-0.2, -0.15) is 13.2 Å². The Morgan fingerprint density at radius 1 is 1.12 bits per heavy atom. The third kappa shape index (κ3) is 3.33. The summed E-state index contributed by atoms with van der Waals surface area (Å²) < 4.78 is 39.6. The average molecular weight is 389 g/mol. The predicted molar refractivity (Wildman–Crippen MR) is 88.9 cm³/mol. The molecule has 0 spiro atoms. The molecule has 3 rings (SSSR count). The normalized spacial score (nSPS) is 20.2. The lowest BCUT2D eigenvalue weighted by molar-refractivity contribution is -0.141. The fraction of sp³-hybridized carbons (Fsp3) is 0.294. The number of aromatic nitrogens is 1. The van der Waals surface area contributed by atoms with Crippen LogP contribution in [0.15, 0.2) is 30.5 Å². The number of nitrogens with two attached hydrogens (primary N) is 1. The molecule has 0 saturated heterocycles. The standard InChI is InChI=1S/C17H13Cl2F3N2O/c18-8-1-2-11(13(19)7-8)9-3-4-10(9)12-5-6-24-15(17(20,21)22)14(12)16(23)25/h1-2,5-7,9-10H,3-4H2,(H2,23,25). The molecule has 2 atom stereocenters. The van der Waals surface area contributed by atoms with Crippen LogP contribution in [0.3, 0.4) is 0 Å². The van der Waals surface area contributed by atoms with Crippen molar-refractivity contribution >= 4 is 29.1 Å². The molecule has 8 heteroatoms. The Bertz CT molecular complexity index is 839. The highest BCUT2D eigenvalue weighted by atomic mass is 35.5. The van der Waals surface area contributed by atoms with Crippen LogP contribution >= 0.6 is 23.2 Å². The highest BCUT2D eigenvalue weighted by Gasteiger charge is 2.42. The fourth-order valence-corrected chi connectivity index (χ4v) is 3.85. The lowest BCUT2D eigenvalue weighted by Crippen LogP contribution is -2.28. The van der Waals surface area contributed by atoms with Gasteiger partial charge in [0.25, 0.3) is 5.91 Å². The highest BCUT2D eigenvalue weighted by Crippen LogP contribution is 2.52. The van der Waals surface area contributed by atoms with Gasteiger partial charge in [-0.25, -0.2) is 0 Å². The molecule has 1 aliphatic carbocycles. The third-order valence-corrected chi connectivity index (χ3v) is 5.10. The van der Waals surface area contributed by atoms with Crippen LogP contribution in [0.2, 0.25) is 10.0 Å². The van der Waals surface area contributed by atoms with Crippen molar-refractivity contribution in [2.24, 2.45) is 5.73 Å². The maximum Gasteiger partial charge on any atom is 0.434 e. The Hall–Kier alpha value is -1.79. The number of primary amides is 1. The first kappa shape index (κ1) is 18.0. The first-order valence-corrected chi connectivity index (χ1v) is 8.26. The molecule has 1 fully saturated rings. The van der Waals surface area contributed by atoms with Gasteiger partial charge in [0, 0.05) is 16.2 Å². The minimum absolute atomic E-state index is 0.105. The summed E-state index contributed by atoms with van der Waals surface area (Å²) in [5, 5.41) is 0.929. The van der Waals surface area contributed by atoms with Crippen LogP contribution in [-0.2, 0) is 6.18 Å². The molecule has 1 amide bonds. The zero-order valence-electron chi connectivity index (χ0n) is 12.8. The van der Waals surface area contributed by atoms with E-state index < -0.39 is 23.3 Å². The minimum atomic E-state index is -4.75. The Kier molecular flexibility index (Phi) is 4.68. The fourth-order valence-electron chi connectivity index (χ4n) is 3.31. The van der Waals surface area contributed by atoms with Gasteiger partial charge < -0.3 is 5.73 Å². The van der Waals surface area contributed by atoms with Crippen molar-refractivity contribution in [1.29, 1.82) is 0 Å². The first-order chi connectivity index (χ1) is 11.7. The van der Waals surface area contributed by atoms with E-state index in [4.69, 9.17) is 28.9 Å². The summed E-state index contributed by atoms with van der Waals surface area (Å²) in [6, 6.07) is 6.46. The van der Waals surface area contributed by atoms with E-state index in [2.05, 4.69) is 4.98 Å². The van der Waals surface area contributed by atoms with Crippen LogP contribution < -0.4 is 5.73 Å². The van der Waals surface area contributed by atoms with Gasteiger partial charge >= 0.3 is 6.18 Å². The summed E-state index contributed by atoms with van der Waals surface area (Å²) in [5.41, 5.74) is 4.49. The summed E-state index contributed by atoms with van der Waals surface area (Å²) in [6.45, 7) is 0. The number of nitrogens with zero attached hydrogens (tertiary/aromatic N) is 1. The zero-order chi connectivity index (χ0) is 18.4. The lowest BCUT2D eigenvalue weighted by Gasteiger charge is -2.39. The number of pyridine rings is 1. The van der Waals surface area contributed by atoms with Crippen molar-refractivity contribution < 1.29 is 18.0 Å². The molecular formula is C17H13Cl2F3N2O. The predicted octanol–water partition coefficient (Wildman–Crippen LogP) is 5.17. The number of hydrogen-bond acceptors (Lipinski definition) is 2. The van der Waals surface area contributed by atoms with Gasteiger partial charge in [-0.1, -0.05) is 29.3 Å². The molecule has 2 aromatic rings. The Labute approximate surface area is 151 Å². The van der Waals surface area contributed by atoms with Crippen molar-refractivity contribution in [3.63, 3.8) is 0 Å². The minimum Gasteiger partial charge on any atom is -0.366 e. The Balaban J connectivity index is 2.06. The van der Waals surface area contributed by atoms with Gasteiger partial charge in [-0.3, -0.25) is 9.78 Å². The molecule has 2 N–H and O–H groups in total. The van der Waals surface area contributed by atoms with Crippen LogP contribution in [0, 0.1) is 0 Å². The summed E-state index contributed by atoms with van der Waals surface area (Å²) in [5.74, 6) is -1.53. The lowest BCUT2D eigenvalue weighted by atomic mass is 9.66. The van der Waals surface area contributed by atoms with Crippen molar-refractivity contribution in [2.45, 2.75) is 30.9 Å². The molecule has 3 nitrogen and oxygen atoms in total. The van der Waals surface area contributed by atoms with E-state index in [1.54, 1.807) is 18.2 Å². The van der Waals surface area contributed by atoms with Crippen molar-refractivity contribution in [2.75, 3.05) is 0 Å². The van der Waals surface area contributed by atoms with E-state index in [0.717, 1.165) is 18.2 Å². The Morgan fingerprint density at radius 3 is 2.28 bits per heavy atom. The Morgan fingerprint density at radius 2 is 1.76 bits per heavy atom. The maximum absolute atomic E-state index is 13.2. The summed E-state index contributed by atoms with van der Waals surface area (Å²) in [6.07, 6.45) is -2.32. The number of carbonyl (C=O) groups is 1. The second-order valence-electron chi connectivity index (χ2n) is 5.94. The molecule has 1 aromatic carbocycles. The summed E-state index contributed by atoms with van der Waals surface area (Å²) >= 11 is 12.1. The molecular weight excluding hydrogens is 376 g/mol. The van der Waals surface area contributed by atoms with Crippen molar-refractivity contribution in [3.8, 4) is 0 Å². The summed E-state index contributed by atoms with van der Waals surface area (Å²) in [4.78, 5) is 15.1. The number of amides is 1. The van der Waals surface area contributed by atoms with Gasteiger partial charge in [0.15, 0.2) is 5.69 Å². The summed E-state index contributed by atoms with van der Waals surface area (Å²) in [7, 11) is 0. The van der Waals surface area contributed by atoms with Crippen LogP contribution in [0.25, 0.3) is 0 Å². The van der Waals surface area contributed by atoms with Crippen LogP contribution in [0.5, 0.6) is 0 Å². The van der Waals surface area contributed by atoms with Crippen molar-refractivity contribution in [1.82, 2.24) is 4.98 Å². The zero-order valence-corrected chi connectivity index (χ0v) is 14.3. The topological polar surface area (TPSA) is 56.0 Å². The van der Waals surface area contributed by atoms with E-state index in [0.29, 0.717) is 16.5 Å². The number of hydrogen-bond donors (Lipinski definition) is 1. The molecule has 1 aliphatic rings. The van der Waals surface area contributed by atoms with Crippen molar-refractivity contribution in [3.05, 3.63) is 62.9 Å². The van der Waals surface area contributed by atoms with E-state index in [1.807, 2.05) is 0 Å². The second kappa shape index (κ2) is 6.50. The molecule has 1 saturated carbocycles. The van der Waals surface area contributed by atoms with Gasteiger partial charge in [-0.05, 0) is 54.0 Å². The molecule has 2 unspecified atom stereocenters. The van der Waals surface area contributed by atoms with E-state index in [-0.39, 0.29) is 17.4 Å². The monoisotopic (exact) mass is 388 g/mol. The smallest absolute Gasteiger partial charge is 0.366 e. The highest BCUT2D eigenvalue weighted by molar-refractivity contribution is 6.35. The first-order valence-electron chi connectivity index (χ1n) is 7.51. The number of halogens is 5. The average Bonchev–Trinajstić information content (AvgIpc) is 2.47. The van der Waals surface area contributed by atoms with Gasteiger partial charge in [0.1, 0.15) is 0 Å². The molecule has 0 aliphatic heterocycles. The quantitative estimate of drug-likeness (QED) is 0.788. The molecule has 132 valence electrons. The third-order valence-electron chi connectivity index (χ3n) is 4.53. The van der Waals surface area contributed by atoms with Gasteiger partial charge in [0.2, 0.25) is 0 Å². The van der Waals surface area contributed by atoms with E-state index in [9.17, 15) is 18.0 Å². The SMILES string of the molecule is NC(=O)c1c(C2CCC2c2ccc(Cl)cc2Cl)ccnc1C(F)(F)F. The number of alkyl halides is 3. The second-order valence-corrected chi connectivity index (χ2v) is 6.79. The van der Waals surface area contributed by atoms with Gasteiger partial charge in [0.05, 0.1) is 5.56 Å². The number of carbonyl (C=O) groups excluding carboxylic acids is 1. The molecule has 0 radical (unpaired) electrons. The molecule has 0 bridgehead atoms.